The summed E-state index contributed by atoms with van der Waals surface area (Å²) < 4.78 is 12.5. The van der Waals surface area contributed by atoms with Crippen molar-refractivity contribution >= 4 is 20.9 Å². The molecule has 0 aromatic carbocycles. The SMILES string of the molecule is COC[C@@]1(O[Si](C)(C)C)CC[C@@H]([C@@H](C)C=O)C1=C[C@@]1(C)CCC(C(C)C)=C1C=O. The summed E-state index contributed by atoms with van der Waals surface area (Å²) in [4.78, 5) is 23.8. The lowest BCUT2D eigenvalue weighted by Crippen LogP contribution is -2.46. The van der Waals surface area contributed by atoms with Gasteiger partial charge in [-0.25, -0.2) is 0 Å². The second-order valence-corrected chi connectivity index (χ2v) is 14.9. The summed E-state index contributed by atoms with van der Waals surface area (Å²) in [5, 5.41) is 0. The molecule has 0 aromatic rings. The largest absolute Gasteiger partial charge is 0.406 e. The normalized spacial score (nSPS) is 33.0. The van der Waals surface area contributed by atoms with Crippen molar-refractivity contribution < 1.29 is 18.8 Å². The van der Waals surface area contributed by atoms with Crippen molar-refractivity contribution in [1.29, 1.82) is 0 Å². The van der Waals surface area contributed by atoms with Crippen molar-refractivity contribution in [3.63, 3.8) is 0 Å². The number of ether oxygens (including phenoxy) is 1. The van der Waals surface area contributed by atoms with Crippen LogP contribution in [0.4, 0.5) is 0 Å². The van der Waals surface area contributed by atoms with Crippen LogP contribution in [0.25, 0.3) is 0 Å². The number of carbonyl (C=O) groups excluding carboxylic acids is 2. The molecule has 0 saturated heterocycles. The van der Waals surface area contributed by atoms with Crippen LogP contribution in [-0.4, -0.2) is 40.2 Å². The molecule has 0 aromatic heterocycles. The van der Waals surface area contributed by atoms with Crippen LogP contribution in [0.1, 0.15) is 53.4 Å². The van der Waals surface area contributed by atoms with Gasteiger partial charge in [0.2, 0.25) is 0 Å². The Hall–Kier alpha value is -1.04. The van der Waals surface area contributed by atoms with Gasteiger partial charge in [0.05, 0.1) is 6.61 Å². The molecule has 0 unspecified atom stereocenters. The van der Waals surface area contributed by atoms with Gasteiger partial charge in [-0.3, -0.25) is 4.79 Å². The van der Waals surface area contributed by atoms with Gasteiger partial charge in [0.25, 0.3) is 0 Å². The molecule has 2 aliphatic carbocycles. The Morgan fingerprint density at radius 1 is 1.17 bits per heavy atom. The Kier molecular flexibility index (Phi) is 7.51. The number of carbonyl (C=O) groups is 2. The van der Waals surface area contributed by atoms with E-state index in [-0.39, 0.29) is 17.3 Å². The van der Waals surface area contributed by atoms with E-state index in [0.717, 1.165) is 43.8 Å². The maximum absolute atomic E-state index is 12.1. The number of allylic oxidation sites excluding steroid dienone is 3. The van der Waals surface area contributed by atoms with E-state index < -0.39 is 13.9 Å². The summed E-state index contributed by atoms with van der Waals surface area (Å²) in [5.74, 6) is 0.418. The summed E-state index contributed by atoms with van der Waals surface area (Å²) in [6, 6.07) is 0. The first-order valence-electron chi connectivity index (χ1n) is 11.0. The summed E-state index contributed by atoms with van der Waals surface area (Å²) in [6.07, 6.45) is 8.05. The summed E-state index contributed by atoms with van der Waals surface area (Å²) in [6.45, 7) is 15.6. The van der Waals surface area contributed by atoms with Crippen LogP contribution in [0.5, 0.6) is 0 Å². The van der Waals surface area contributed by atoms with Gasteiger partial charge in [-0.05, 0) is 62.7 Å². The van der Waals surface area contributed by atoms with E-state index in [0.29, 0.717) is 12.5 Å². The number of hydrogen-bond donors (Lipinski definition) is 0. The van der Waals surface area contributed by atoms with Gasteiger partial charge < -0.3 is 14.0 Å². The molecule has 4 atom stereocenters. The van der Waals surface area contributed by atoms with Crippen LogP contribution in [-0.2, 0) is 18.8 Å². The maximum atomic E-state index is 12.1. The number of hydrogen-bond acceptors (Lipinski definition) is 4. The molecule has 1 saturated carbocycles. The topological polar surface area (TPSA) is 52.6 Å². The monoisotopic (exact) mass is 420 g/mol. The summed E-state index contributed by atoms with van der Waals surface area (Å²) in [5.41, 5.74) is 2.54. The van der Waals surface area contributed by atoms with Crippen molar-refractivity contribution in [2.45, 2.75) is 78.6 Å². The molecule has 2 aliphatic rings. The third-order valence-electron chi connectivity index (χ3n) is 6.68. The lowest BCUT2D eigenvalue weighted by molar-refractivity contribution is -0.111. The smallest absolute Gasteiger partial charge is 0.185 e. The minimum atomic E-state index is -1.88. The molecule has 0 heterocycles. The van der Waals surface area contributed by atoms with Gasteiger partial charge in [-0.1, -0.05) is 39.3 Å². The van der Waals surface area contributed by atoms with E-state index in [2.05, 4.69) is 46.5 Å². The second kappa shape index (κ2) is 8.99. The Morgan fingerprint density at radius 2 is 1.83 bits per heavy atom. The molecule has 5 heteroatoms. The van der Waals surface area contributed by atoms with E-state index in [1.807, 2.05) is 6.92 Å². The molecule has 0 N–H and O–H groups in total. The average Bonchev–Trinajstić information content (AvgIpc) is 3.11. The van der Waals surface area contributed by atoms with Gasteiger partial charge >= 0.3 is 0 Å². The highest BCUT2D eigenvalue weighted by Gasteiger charge is 2.50. The van der Waals surface area contributed by atoms with E-state index in [4.69, 9.17) is 9.16 Å². The van der Waals surface area contributed by atoms with Crippen molar-refractivity contribution in [3.8, 4) is 0 Å². The second-order valence-electron chi connectivity index (χ2n) is 10.5. The van der Waals surface area contributed by atoms with E-state index in [1.165, 1.54) is 11.1 Å². The first-order valence-corrected chi connectivity index (χ1v) is 14.4. The molecular weight excluding hydrogens is 380 g/mol. The Balaban J connectivity index is 2.65. The fourth-order valence-corrected chi connectivity index (χ4v) is 6.80. The lowest BCUT2D eigenvalue weighted by Gasteiger charge is -2.40. The fraction of sp³-hybridized carbons (Fsp3) is 0.750. The zero-order valence-electron chi connectivity index (χ0n) is 19.6. The predicted octanol–water partition coefficient (Wildman–Crippen LogP) is 5.35. The van der Waals surface area contributed by atoms with Crippen LogP contribution in [0.3, 0.4) is 0 Å². The zero-order valence-corrected chi connectivity index (χ0v) is 20.6. The van der Waals surface area contributed by atoms with E-state index in [1.54, 1.807) is 7.11 Å². The summed E-state index contributed by atoms with van der Waals surface area (Å²) in [7, 11) is -0.159. The average molecular weight is 421 g/mol. The van der Waals surface area contributed by atoms with Gasteiger partial charge in [-0.2, -0.15) is 0 Å². The Morgan fingerprint density at radius 3 is 2.31 bits per heavy atom. The van der Waals surface area contributed by atoms with Crippen LogP contribution in [0.2, 0.25) is 19.6 Å². The number of methoxy groups -OCH3 is 1. The highest BCUT2D eigenvalue weighted by Crippen LogP contribution is 2.52. The van der Waals surface area contributed by atoms with Crippen molar-refractivity contribution in [2.75, 3.05) is 13.7 Å². The van der Waals surface area contributed by atoms with Crippen LogP contribution >= 0.6 is 0 Å². The first-order chi connectivity index (χ1) is 13.4. The highest BCUT2D eigenvalue weighted by atomic mass is 28.4. The zero-order chi connectivity index (χ0) is 22.0. The minimum absolute atomic E-state index is 0.0801. The first kappa shape index (κ1) is 24.2. The molecule has 1 fully saturated rings. The fourth-order valence-electron chi connectivity index (χ4n) is 5.35. The van der Waals surface area contributed by atoms with Crippen LogP contribution < -0.4 is 0 Å². The van der Waals surface area contributed by atoms with Gasteiger partial charge in [0.15, 0.2) is 8.32 Å². The summed E-state index contributed by atoms with van der Waals surface area (Å²) >= 11 is 0. The molecule has 0 amide bonds. The van der Waals surface area contributed by atoms with Crippen LogP contribution in [0.15, 0.2) is 22.8 Å². The highest BCUT2D eigenvalue weighted by molar-refractivity contribution is 6.69. The Bertz CT molecular complexity index is 687. The third-order valence-corrected chi connectivity index (χ3v) is 7.68. The van der Waals surface area contributed by atoms with Crippen molar-refractivity contribution in [3.05, 3.63) is 22.8 Å². The van der Waals surface area contributed by atoms with E-state index in [9.17, 15) is 9.59 Å². The molecule has 0 spiro atoms. The standard InChI is InChI=1S/C24H40O4Si/c1-17(2)19-9-11-23(4,22(19)15-26)13-21-20(18(3)14-25)10-12-24(21,16-27-5)28-29(6,7)8/h13-15,17-18,20H,9-12,16H2,1-8H3/t18-,20-,23+,24-/m0/s1. The molecule has 29 heavy (non-hydrogen) atoms. The molecule has 0 aliphatic heterocycles. The number of rotatable bonds is 9. The van der Waals surface area contributed by atoms with E-state index >= 15 is 0 Å². The predicted molar refractivity (Wildman–Crippen MR) is 120 cm³/mol. The lowest BCUT2D eigenvalue weighted by atomic mass is 9.76. The molecule has 2 rings (SSSR count). The molecular formula is C24H40O4Si. The van der Waals surface area contributed by atoms with Gasteiger partial charge in [-0.15, -0.1) is 0 Å². The number of aldehydes is 2. The molecule has 164 valence electrons. The van der Waals surface area contributed by atoms with Gasteiger partial charge in [0, 0.05) is 24.0 Å². The third kappa shape index (κ3) is 5.00. The quantitative estimate of drug-likeness (QED) is 0.287. The van der Waals surface area contributed by atoms with Crippen LogP contribution in [0, 0.1) is 23.2 Å². The van der Waals surface area contributed by atoms with Gasteiger partial charge in [0.1, 0.15) is 18.2 Å². The maximum Gasteiger partial charge on any atom is 0.185 e. The molecule has 0 radical (unpaired) electrons. The minimum Gasteiger partial charge on any atom is -0.406 e. The van der Waals surface area contributed by atoms with Crippen molar-refractivity contribution in [1.82, 2.24) is 0 Å². The molecule has 0 bridgehead atoms. The van der Waals surface area contributed by atoms with Crippen molar-refractivity contribution in [2.24, 2.45) is 23.2 Å². The Labute approximate surface area is 178 Å². The molecule has 4 nitrogen and oxygen atoms in total.